The van der Waals surface area contributed by atoms with Gasteiger partial charge in [0.05, 0.1) is 5.56 Å². The Morgan fingerprint density at radius 3 is 2.75 bits per heavy atom. The Morgan fingerprint density at radius 2 is 1.94 bits per heavy atom. The Kier molecular flexibility index (Phi) is 2.07. The van der Waals surface area contributed by atoms with Crippen LogP contribution in [0, 0.1) is 0 Å². The number of hydrogen-bond donors (Lipinski definition) is 0. The first kappa shape index (κ1) is 9.28. The van der Waals surface area contributed by atoms with Gasteiger partial charge in [0.2, 0.25) is 0 Å². The average Bonchev–Trinajstić information content (AvgIpc) is 2.73. The minimum Gasteiger partial charge on any atom is -0.220 e. The fourth-order valence-electron chi connectivity index (χ4n) is 2.13. The van der Waals surface area contributed by atoms with Crippen molar-refractivity contribution in [3.8, 4) is 11.4 Å². The van der Waals surface area contributed by atoms with E-state index in [1.807, 2.05) is 24.4 Å². The van der Waals surface area contributed by atoms with E-state index in [-0.39, 0.29) is 0 Å². The van der Waals surface area contributed by atoms with Crippen molar-refractivity contribution in [1.82, 2.24) is 4.98 Å². The number of fused-ring (bicyclic) bond motifs is 1. The van der Waals surface area contributed by atoms with Crippen LogP contribution < -0.4 is 4.57 Å². The second-order valence-corrected chi connectivity index (χ2v) is 4.02. The van der Waals surface area contributed by atoms with Crippen LogP contribution in [-0.4, -0.2) is 4.98 Å². The lowest BCUT2D eigenvalue weighted by Gasteiger charge is -2.02. The molecule has 2 aromatic rings. The predicted octanol–water partition coefficient (Wildman–Crippen LogP) is 2.45. The van der Waals surface area contributed by atoms with Gasteiger partial charge >= 0.3 is 5.82 Å². The van der Waals surface area contributed by atoms with Crippen LogP contribution in [0.5, 0.6) is 0 Å². The molecule has 1 aliphatic rings. The molecule has 0 aliphatic carbocycles. The van der Waals surface area contributed by atoms with Crippen molar-refractivity contribution in [2.45, 2.75) is 13.5 Å². The highest BCUT2D eigenvalue weighted by atomic mass is 15.1. The molecule has 78 valence electrons. The third kappa shape index (κ3) is 1.34. The van der Waals surface area contributed by atoms with Crippen LogP contribution in [0.15, 0.2) is 48.7 Å². The molecule has 0 bridgehead atoms. The van der Waals surface area contributed by atoms with Crippen LogP contribution in [0.3, 0.4) is 0 Å². The van der Waals surface area contributed by atoms with Crippen molar-refractivity contribution in [3.63, 3.8) is 0 Å². The Bertz CT molecular complexity index is 556. The highest BCUT2D eigenvalue weighted by Gasteiger charge is 2.22. The third-order valence-electron chi connectivity index (χ3n) is 2.99. The first-order chi connectivity index (χ1) is 7.86. The summed E-state index contributed by atoms with van der Waals surface area (Å²) in [5.74, 6) is 1.05. The summed E-state index contributed by atoms with van der Waals surface area (Å²) in [5, 5.41) is 0. The lowest BCUT2D eigenvalue weighted by atomic mass is 10.2. The summed E-state index contributed by atoms with van der Waals surface area (Å²) in [7, 11) is 0. The summed E-state index contributed by atoms with van der Waals surface area (Å²) in [5.41, 5.74) is 3.78. The van der Waals surface area contributed by atoms with Crippen LogP contribution in [0.2, 0.25) is 0 Å². The van der Waals surface area contributed by atoms with Crippen molar-refractivity contribution in [2.75, 3.05) is 0 Å². The Hall–Kier alpha value is -1.96. The van der Waals surface area contributed by atoms with Gasteiger partial charge < -0.3 is 0 Å². The van der Waals surface area contributed by atoms with Gasteiger partial charge in [0.15, 0.2) is 0 Å². The second kappa shape index (κ2) is 3.56. The molecule has 2 heteroatoms. The first-order valence-corrected chi connectivity index (χ1v) is 5.47. The van der Waals surface area contributed by atoms with Crippen LogP contribution >= 0.6 is 0 Å². The fourth-order valence-corrected chi connectivity index (χ4v) is 2.13. The van der Waals surface area contributed by atoms with E-state index in [4.69, 9.17) is 0 Å². The van der Waals surface area contributed by atoms with Gasteiger partial charge in [-0.05, 0) is 35.7 Å². The predicted molar refractivity (Wildman–Crippen MR) is 63.5 cm³/mol. The summed E-state index contributed by atoms with van der Waals surface area (Å²) in [4.78, 5) is 4.48. The molecular formula is C14H13N2+. The maximum absolute atomic E-state index is 4.48. The highest BCUT2D eigenvalue weighted by molar-refractivity contribution is 5.61. The molecule has 0 atom stereocenters. The van der Waals surface area contributed by atoms with E-state index in [2.05, 4.69) is 40.7 Å². The number of aromatic nitrogens is 2. The van der Waals surface area contributed by atoms with Crippen LogP contribution in [0.1, 0.15) is 12.6 Å². The first-order valence-electron chi connectivity index (χ1n) is 5.47. The third-order valence-corrected chi connectivity index (χ3v) is 2.99. The average molecular weight is 209 g/mol. The molecule has 0 amide bonds. The van der Waals surface area contributed by atoms with Crippen LogP contribution in [0.4, 0.5) is 0 Å². The number of rotatable bonds is 1. The van der Waals surface area contributed by atoms with Gasteiger partial charge in [-0.3, -0.25) is 0 Å². The smallest absolute Gasteiger partial charge is 0.220 e. The molecule has 0 N–H and O–H groups in total. The SMILES string of the molecule is CC1=CC[n+]2c1ccnc2-c1ccccc1. The molecular weight excluding hydrogens is 196 g/mol. The number of nitrogens with zero attached hydrogens (tertiary/aromatic N) is 2. The summed E-state index contributed by atoms with van der Waals surface area (Å²) in [6.45, 7) is 3.08. The molecule has 2 nitrogen and oxygen atoms in total. The molecule has 0 fully saturated rings. The normalized spacial score (nSPS) is 13.4. The van der Waals surface area contributed by atoms with Crippen molar-refractivity contribution in [3.05, 3.63) is 54.4 Å². The van der Waals surface area contributed by atoms with Crippen molar-refractivity contribution >= 4 is 5.57 Å². The number of benzene rings is 1. The zero-order chi connectivity index (χ0) is 11.0. The second-order valence-electron chi connectivity index (χ2n) is 4.02. The molecule has 0 radical (unpaired) electrons. The number of allylic oxidation sites excluding steroid dienone is 2. The standard InChI is InChI=1S/C14H13N2/c1-11-8-10-16-13(11)7-9-15-14(16)12-5-3-2-4-6-12/h2-9H,10H2,1H3/q+1. The van der Waals surface area contributed by atoms with Gasteiger partial charge in [-0.25, -0.2) is 4.57 Å². The van der Waals surface area contributed by atoms with Crippen LogP contribution in [0.25, 0.3) is 17.0 Å². The molecule has 0 saturated carbocycles. The molecule has 1 aromatic heterocycles. The van der Waals surface area contributed by atoms with E-state index in [0.717, 1.165) is 12.4 Å². The van der Waals surface area contributed by atoms with Gasteiger partial charge in [-0.1, -0.05) is 18.2 Å². The van der Waals surface area contributed by atoms with Gasteiger partial charge in [0.25, 0.3) is 0 Å². The van der Waals surface area contributed by atoms with E-state index in [1.165, 1.54) is 16.8 Å². The Labute approximate surface area is 94.9 Å². The summed E-state index contributed by atoms with van der Waals surface area (Å²) >= 11 is 0. The molecule has 0 saturated heterocycles. The molecule has 0 unspecified atom stereocenters. The topological polar surface area (TPSA) is 16.8 Å². The van der Waals surface area contributed by atoms with Crippen LogP contribution in [-0.2, 0) is 6.54 Å². The van der Waals surface area contributed by atoms with Crippen molar-refractivity contribution in [1.29, 1.82) is 0 Å². The molecule has 16 heavy (non-hydrogen) atoms. The fraction of sp³-hybridized carbons (Fsp3) is 0.143. The molecule has 0 spiro atoms. The van der Waals surface area contributed by atoms with Crippen molar-refractivity contribution < 1.29 is 4.57 Å². The Balaban J connectivity index is 2.19. The van der Waals surface area contributed by atoms with Gasteiger partial charge in [0, 0.05) is 6.07 Å². The summed E-state index contributed by atoms with van der Waals surface area (Å²) in [6.07, 6.45) is 4.13. The zero-order valence-electron chi connectivity index (χ0n) is 9.22. The minimum absolute atomic E-state index is 0.930. The molecule has 3 rings (SSSR count). The maximum atomic E-state index is 4.48. The van der Waals surface area contributed by atoms with E-state index in [1.54, 1.807) is 0 Å². The van der Waals surface area contributed by atoms with E-state index in [9.17, 15) is 0 Å². The zero-order valence-corrected chi connectivity index (χ0v) is 9.22. The van der Waals surface area contributed by atoms with E-state index in [0.29, 0.717) is 0 Å². The van der Waals surface area contributed by atoms with Gasteiger partial charge in [-0.2, -0.15) is 0 Å². The molecule has 1 aliphatic heterocycles. The minimum atomic E-state index is 0.930. The lowest BCUT2D eigenvalue weighted by molar-refractivity contribution is -0.676. The highest BCUT2D eigenvalue weighted by Crippen LogP contribution is 2.19. The summed E-state index contributed by atoms with van der Waals surface area (Å²) < 4.78 is 2.25. The summed E-state index contributed by atoms with van der Waals surface area (Å²) in [6, 6.07) is 12.4. The van der Waals surface area contributed by atoms with Gasteiger partial charge in [0.1, 0.15) is 18.4 Å². The van der Waals surface area contributed by atoms with E-state index >= 15 is 0 Å². The van der Waals surface area contributed by atoms with E-state index < -0.39 is 0 Å². The number of hydrogen-bond acceptors (Lipinski definition) is 1. The largest absolute Gasteiger partial charge is 0.330 e. The van der Waals surface area contributed by atoms with Gasteiger partial charge in [-0.15, -0.1) is 0 Å². The van der Waals surface area contributed by atoms with Crippen molar-refractivity contribution in [2.24, 2.45) is 0 Å². The lowest BCUT2D eigenvalue weighted by Crippen LogP contribution is -2.37. The molecule has 2 heterocycles. The molecule has 1 aromatic carbocycles. The Morgan fingerprint density at radius 1 is 1.12 bits per heavy atom. The monoisotopic (exact) mass is 209 g/mol. The maximum Gasteiger partial charge on any atom is 0.330 e. The quantitative estimate of drug-likeness (QED) is 0.659.